The van der Waals surface area contributed by atoms with E-state index in [0.717, 1.165) is 5.82 Å². The minimum atomic E-state index is -0.580. The molecule has 1 unspecified atom stereocenters. The lowest BCUT2D eigenvalue weighted by Crippen LogP contribution is -2.47. The number of hydrogen-bond donors (Lipinski definition) is 1. The van der Waals surface area contributed by atoms with Gasteiger partial charge in [0.05, 0.1) is 12.6 Å². The van der Waals surface area contributed by atoms with Crippen LogP contribution in [0.3, 0.4) is 0 Å². The molecule has 1 amide bonds. The maximum atomic E-state index is 12.4. The highest BCUT2D eigenvalue weighted by Crippen LogP contribution is 2.11. The van der Waals surface area contributed by atoms with Crippen LogP contribution in [0.2, 0.25) is 0 Å². The second kappa shape index (κ2) is 7.26. The number of nitrogens with two attached hydrogens (primary N) is 1. The fraction of sp³-hybridized carbons (Fsp3) is 0.429. The van der Waals surface area contributed by atoms with Gasteiger partial charge in [-0.15, -0.1) is 22.6 Å². The summed E-state index contributed by atoms with van der Waals surface area (Å²) in [5, 5.41) is 16.8. The minimum absolute atomic E-state index is 0. The van der Waals surface area contributed by atoms with Crippen LogP contribution in [0.15, 0.2) is 24.7 Å². The monoisotopic (exact) mass is 335 g/mol. The Bertz CT molecular complexity index is 717. The number of nitrogens with zero attached hydrogens (tertiary/aromatic N) is 6. The van der Waals surface area contributed by atoms with Crippen molar-refractivity contribution in [2.24, 2.45) is 5.73 Å². The molecule has 9 heteroatoms. The molecule has 3 heterocycles. The zero-order valence-electron chi connectivity index (χ0n) is 12.5. The first-order chi connectivity index (χ1) is 10.7. The van der Waals surface area contributed by atoms with Crippen LogP contribution in [-0.2, 0) is 24.4 Å². The SMILES string of the molecule is Cl.N#Cc1cccn1CCC(N)C(=O)N1CCn2cnnc2C1. The molecule has 1 aliphatic heterocycles. The van der Waals surface area contributed by atoms with Crippen LogP contribution in [0.25, 0.3) is 0 Å². The molecular formula is C14H18ClN7O. The van der Waals surface area contributed by atoms with Crippen LogP contribution in [0, 0.1) is 11.3 Å². The number of amides is 1. The van der Waals surface area contributed by atoms with Crippen LogP contribution >= 0.6 is 12.4 Å². The van der Waals surface area contributed by atoms with Crippen molar-refractivity contribution in [2.75, 3.05) is 6.54 Å². The molecule has 23 heavy (non-hydrogen) atoms. The third-order valence-corrected chi connectivity index (χ3v) is 3.89. The van der Waals surface area contributed by atoms with E-state index in [9.17, 15) is 4.79 Å². The van der Waals surface area contributed by atoms with Gasteiger partial charge in [-0.05, 0) is 18.6 Å². The van der Waals surface area contributed by atoms with Crippen molar-refractivity contribution in [3.8, 4) is 6.07 Å². The van der Waals surface area contributed by atoms with Crippen molar-refractivity contribution in [2.45, 2.75) is 32.1 Å². The Kier molecular flexibility index (Phi) is 5.36. The summed E-state index contributed by atoms with van der Waals surface area (Å²) in [4.78, 5) is 14.1. The fourth-order valence-corrected chi connectivity index (χ4v) is 2.60. The number of carbonyl (C=O) groups excluding carboxylic acids is 1. The number of aryl methyl sites for hydroxylation is 1. The van der Waals surface area contributed by atoms with Crippen molar-refractivity contribution in [3.63, 3.8) is 0 Å². The number of halogens is 1. The summed E-state index contributed by atoms with van der Waals surface area (Å²) in [6.45, 7) is 2.30. The molecule has 8 nitrogen and oxygen atoms in total. The molecule has 0 aliphatic carbocycles. The van der Waals surface area contributed by atoms with E-state index in [1.165, 1.54) is 0 Å². The van der Waals surface area contributed by atoms with Crippen LogP contribution in [0.1, 0.15) is 17.9 Å². The molecule has 2 N–H and O–H groups in total. The molecule has 1 atom stereocenters. The summed E-state index contributed by atoms with van der Waals surface area (Å²) in [7, 11) is 0. The average Bonchev–Trinajstić information content (AvgIpc) is 3.19. The lowest BCUT2D eigenvalue weighted by Gasteiger charge is -2.29. The molecule has 0 fully saturated rings. The molecule has 122 valence electrons. The van der Waals surface area contributed by atoms with Gasteiger partial charge in [-0.25, -0.2) is 0 Å². The summed E-state index contributed by atoms with van der Waals surface area (Å²) >= 11 is 0. The largest absolute Gasteiger partial charge is 0.339 e. The predicted molar refractivity (Wildman–Crippen MR) is 84.4 cm³/mol. The van der Waals surface area contributed by atoms with Gasteiger partial charge in [0.2, 0.25) is 5.91 Å². The third-order valence-electron chi connectivity index (χ3n) is 3.89. The summed E-state index contributed by atoms with van der Waals surface area (Å²) in [6, 6.07) is 5.08. The summed E-state index contributed by atoms with van der Waals surface area (Å²) in [6.07, 6.45) is 3.98. The molecule has 0 spiro atoms. The molecule has 0 aromatic carbocycles. The highest BCUT2D eigenvalue weighted by molar-refractivity contribution is 5.85. The number of nitriles is 1. The van der Waals surface area contributed by atoms with Crippen molar-refractivity contribution >= 4 is 18.3 Å². The Morgan fingerprint density at radius 2 is 2.30 bits per heavy atom. The molecule has 0 saturated carbocycles. The van der Waals surface area contributed by atoms with E-state index in [1.54, 1.807) is 21.9 Å². The number of carbonyl (C=O) groups is 1. The van der Waals surface area contributed by atoms with Crippen molar-refractivity contribution in [1.29, 1.82) is 5.26 Å². The van der Waals surface area contributed by atoms with Crippen LogP contribution in [0.5, 0.6) is 0 Å². The number of fused-ring (bicyclic) bond motifs is 1. The Labute approximate surface area is 139 Å². The molecular weight excluding hydrogens is 318 g/mol. The van der Waals surface area contributed by atoms with Crippen LogP contribution in [0.4, 0.5) is 0 Å². The van der Waals surface area contributed by atoms with Crippen molar-refractivity contribution in [1.82, 2.24) is 24.2 Å². The zero-order valence-corrected chi connectivity index (χ0v) is 13.3. The first-order valence-electron chi connectivity index (χ1n) is 7.15. The molecule has 2 aromatic heterocycles. The number of rotatable bonds is 4. The van der Waals surface area contributed by atoms with Gasteiger partial charge in [0.15, 0.2) is 5.82 Å². The second-order valence-electron chi connectivity index (χ2n) is 5.29. The molecule has 0 saturated heterocycles. The normalized spacial score (nSPS) is 14.5. The standard InChI is InChI=1S/C14H17N7O.ClH/c15-8-11-2-1-4-19(11)5-3-12(16)14(22)20-6-7-21-10-17-18-13(21)9-20;/h1-2,4,10,12H,3,5-7,9,16H2;1H. The topological polar surface area (TPSA) is 106 Å². The quantitative estimate of drug-likeness (QED) is 0.855. The van der Waals surface area contributed by atoms with Crippen LogP contribution < -0.4 is 5.73 Å². The van der Waals surface area contributed by atoms with E-state index in [2.05, 4.69) is 16.3 Å². The van der Waals surface area contributed by atoms with Crippen molar-refractivity contribution < 1.29 is 4.79 Å². The minimum Gasteiger partial charge on any atom is -0.339 e. The van der Waals surface area contributed by atoms with E-state index in [1.807, 2.05) is 16.8 Å². The van der Waals surface area contributed by atoms with E-state index in [4.69, 9.17) is 11.0 Å². The van der Waals surface area contributed by atoms with Gasteiger partial charge in [0, 0.05) is 25.8 Å². The summed E-state index contributed by atoms with van der Waals surface area (Å²) < 4.78 is 3.74. The first-order valence-corrected chi connectivity index (χ1v) is 7.15. The maximum Gasteiger partial charge on any atom is 0.240 e. The van der Waals surface area contributed by atoms with Gasteiger partial charge >= 0.3 is 0 Å². The Morgan fingerprint density at radius 3 is 3.09 bits per heavy atom. The smallest absolute Gasteiger partial charge is 0.240 e. The maximum absolute atomic E-state index is 12.4. The van der Waals surface area contributed by atoms with Crippen LogP contribution in [-0.4, -0.2) is 42.7 Å². The van der Waals surface area contributed by atoms with Gasteiger partial charge in [-0.3, -0.25) is 4.79 Å². The lowest BCUT2D eigenvalue weighted by molar-refractivity contribution is -0.134. The molecule has 1 aliphatic rings. The van der Waals surface area contributed by atoms with E-state index < -0.39 is 6.04 Å². The highest BCUT2D eigenvalue weighted by Gasteiger charge is 2.25. The number of hydrogen-bond acceptors (Lipinski definition) is 5. The molecule has 3 rings (SSSR count). The van der Waals surface area contributed by atoms with E-state index in [0.29, 0.717) is 38.3 Å². The Hall–Kier alpha value is -2.37. The molecule has 2 aromatic rings. The molecule has 0 bridgehead atoms. The van der Waals surface area contributed by atoms with E-state index in [-0.39, 0.29) is 18.3 Å². The lowest BCUT2D eigenvalue weighted by atomic mass is 10.1. The average molecular weight is 336 g/mol. The Morgan fingerprint density at radius 1 is 1.48 bits per heavy atom. The predicted octanol–water partition coefficient (Wildman–Crippen LogP) is 0.133. The van der Waals surface area contributed by atoms with Gasteiger partial charge in [-0.2, -0.15) is 5.26 Å². The third kappa shape index (κ3) is 3.52. The summed E-state index contributed by atoms with van der Waals surface area (Å²) in [5.41, 5.74) is 6.60. The zero-order chi connectivity index (χ0) is 15.5. The van der Waals surface area contributed by atoms with Gasteiger partial charge in [0.1, 0.15) is 18.1 Å². The second-order valence-corrected chi connectivity index (χ2v) is 5.29. The van der Waals surface area contributed by atoms with Crippen molar-refractivity contribution in [3.05, 3.63) is 36.2 Å². The first kappa shape index (κ1) is 17.0. The van der Waals surface area contributed by atoms with Gasteiger partial charge in [-0.1, -0.05) is 0 Å². The molecule has 0 radical (unpaired) electrons. The van der Waals surface area contributed by atoms with Gasteiger partial charge in [0.25, 0.3) is 0 Å². The fourth-order valence-electron chi connectivity index (χ4n) is 2.60. The highest BCUT2D eigenvalue weighted by atomic mass is 35.5. The summed E-state index contributed by atoms with van der Waals surface area (Å²) in [5.74, 6) is 0.698. The Balaban J connectivity index is 0.00000192. The van der Waals surface area contributed by atoms with E-state index >= 15 is 0 Å². The number of aromatic nitrogens is 4. The van der Waals surface area contributed by atoms with Gasteiger partial charge < -0.3 is 19.8 Å².